The molecule has 1 aromatic rings. The Labute approximate surface area is 154 Å². The summed E-state index contributed by atoms with van der Waals surface area (Å²) < 4.78 is 39.1. The predicted molar refractivity (Wildman–Crippen MR) is 100 cm³/mol. The fourth-order valence-electron chi connectivity index (χ4n) is 4.11. The lowest BCUT2D eigenvalue weighted by atomic mass is 9.72. The van der Waals surface area contributed by atoms with E-state index in [0.717, 1.165) is 63.1 Å². The second-order valence-electron chi connectivity index (χ2n) is 8.48. The van der Waals surface area contributed by atoms with Crippen molar-refractivity contribution in [2.24, 2.45) is 5.41 Å². The maximum atomic E-state index is 13.0. The lowest BCUT2D eigenvalue weighted by Gasteiger charge is -2.37. The van der Waals surface area contributed by atoms with Gasteiger partial charge in [0.15, 0.2) is 0 Å². The lowest BCUT2D eigenvalue weighted by molar-refractivity contribution is -0.137. The van der Waals surface area contributed by atoms with Gasteiger partial charge >= 0.3 is 6.18 Å². The Kier molecular flexibility index (Phi) is 5.50. The maximum absolute atomic E-state index is 13.0. The van der Waals surface area contributed by atoms with Gasteiger partial charge in [0, 0.05) is 32.7 Å². The summed E-state index contributed by atoms with van der Waals surface area (Å²) in [5.41, 5.74) is 4.04. The van der Waals surface area contributed by atoms with E-state index in [2.05, 4.69) is 24.1 Å². The summed E-state index contributed by atoms with van der Waals surface area (Å²) in [6, 6.07) is 4.22. The van der Waals surface area contributed by atoms with Crippen LogP contribution in [-0.2, 0) is 6.18 Å². The molecule has 2 aliphatic rings. The topological polar surface area (TPSA) is 15.3 Å². The molecule has 1 aliphatic heterocycles. The van der Waals surface area contributed by atoms with Crippen molar-refractivity contribution >= 4 is 5.57 Å². The molecule has 1 heterocycles. The highest BCUT2D eigenvalue weighted by molar-refractivity contribution is 5.73. The first-order chi connectivity index (χ1) is 12.2. The maximum Gasteiger partial charge on any atom is 0.416 e. The van der Waals surface area contributed by atoms with E-state index >= 15 is 0 Å². The Balaban J connectivity index is 1.95. The highest BCUT2D eigenvalue weighted by Crippen LogP contribution is 2.44. The van der Waals surface area contributed by atoms with Gasteiger partial charge in [-0.05, 0) is 60.4 Å². The Morgan fingerprint density at radius 2 is 1.85 bits per heavy atom. The zero-order chi connectivity index (χ0) is 18.9. The van der Waals surface area contributed by atoms with E-state index in [4.69, 9.17) is 0 Å². The molecule has 1 saturated heterocycles. The first kappa shape index (κ1) is 19.4. The second-order valence-corrected chi connectivity index (χ2v) is 8.48. The summed E-state index contributed by atoms with van der Waals surface area (Å²) in [6.07, 6.45) is -1.18. The molecule has 1 N–H and O–H groups in total. The molecule has 0 aromatic heterocycles. The molecule has 2 nitrogen and oxygen atoms in total. The summed E-state index contributed by atoms with van der Waals surface area (Å²) in [4.78, 5) is 2.46. The molecule has 144 valence electrons. The molecule has 1 fully saturated rings. The van der Waals surface area contributed by atoms with Crippen LogP contribution >= 0.6 is 0 Å². The quantitative estimate of drug-likeness (QED) is 0.820. The number of nitrogens with one attached hydrogen (secondary N) is 1. The van der Waals surface area contributed by atoms with Gasteiger partial charge in [0.25, 0.3) is 0 Å². The smallest absolute Gasteiger partial charge is 0.314 e. The minimum atomic E-state index is -4.28. The lowest BCUT2D eigenvalue weighted by Crippen LogP contribution is -2.44. The second kappa shape index (κ2) is 7.35. The molecule has 0 unspecified atom stereocenters. The minimum Gasteiger partial charge on any atom is -0.314 e. The van der Waals surface area contributed by atoms with Crippen LogP contribution in [0.3, 0.4) is 0 Å². The summed E-state index contributed by atoms with van der Waals surface area (Å²) in [6.45, 7) is 11.3. The monoisotopic (exact) mass is 366 g/mol. The molecule has 1 aliphatic carbocycles. The minimum absolute atomic E-state index is 0.192. The van der Waals surface area contributed by atoms with Crippen LogP contribution in [0, 0.1) is 12.3 Å². The number of allylic oxidation sites excluding steroid dienone is 1. The molecular weight excluding hydrogens is 337 g/mol. The highest BCUT2D eigenvalue weighted by atomic mass is 19.4. The van der Waals surface area contributed by atoms with E-state index < -0.39 is 11.7 Å². The average Bonchev–Trinajstić information content (AvgIpc) is 2.56. The van der Waals surface area contributed by atoms with Crippen molar-refractivity contribution in [2.75, 3.05) is 32.7 Å². The predicted octanol–water partition coefficient (Wildman–Crippen LogP) is 4.88. The fraction of sp³-hybridized carbons (Fsp3) is 0.619. The summed E-state index contributed by atoms with van der Waals surface area (Å²) >= 11 is 0. The normalized spacial score (nSPS) is 21.9. The van der Waals surface area contributed by atoms with E-state index in [1.165, 1.54) is 23.3 Å². The van der Waals surface area contributed by atoms with Crippen molar-refractivity contribution in [2.45, 2.75) is 46.2 Å². The van der Waals surface area contributed by atoms with E-state index in [-0.39, 0.29) is 5.41 Å². The standard InChI is InChI=1S/C21H29F3N2/c1-15-12-17(21(22,23)24)4-5-18(15)19-13-20(2,3)7-6-16(19)14-26-10-8-25-9-11-26/h4-5,12,25H,6-11,13-14H2,1-3H3. The van der Waals surface area contributed by atoms with Crippen LogP contribution in [0.15, 0.2) is 23.8 Å². The van der Waals surface area contributed by atoms with Gasteiger partial charge in [-0.2, -0.15) is 13.2 Å². The molecule has 0 spiro atoms. The van der Waals surface area contributed by atoms with Gasteiger partial charge in [-0.1, -0.05) is 25.5 Å². The third kappa shape index (κ3) is 4.49. The fourth-order valence-corrected chi connectivity index (χ4v) is 4.11. The molecule has 0 amide bonds. The number of piperazine rings is 1. The van der Waals surface area contributed by atoms with Crippen molar-refractivity contribution < 1.29 is 13.2 Å². The van der Waals surface area contributed by atoms with Crippen molar-refractivity contribution in [1.82, 2.24) is 10.2 Å². The molecule has 0 bridgehead atoms. The summed E-state index contributed by atoms with van der Waals surface area (Å²) in [5, 5.41) is 3.37. The number of rotatable bonds is 3. The SMILES string of the molecule is Cc1cc(C(F)(F)F)ccc1C1=C(CN2CCNCC2)CCC(C)(C)C1. The summed E-state index contributed by atoms with van der Waals surface area (Å²) in [7, 11) is 0. The van der Waals surface area contributed by atoms with Crippen molar-refractivity contribution in [3.05, 3.63) is 40.5 Å². The van der Waals surface area contributed by atoms with E-state index in [9.17, 15) is 13.2 Å². The molecule has 1 aromatic carbocycles. The number of aryl methyl sites for hydroxylation is 1. The van der Waals surface area contributed by atoms with Crippen molar-refractivity contribution in [3.8, 4) is 0 Å². The van der Waals surface area contributed by atoms with E-state index in [1.54, 1.807) is 6.07 Å². The van der Waals surface area contributed by atoms with Crippen LogP contribution in [-0.4, -0.2) is 37.6 Å². The van der Waals surface area contributed by atoms with Crippen LogP contribution in [0.4, 0.5) is 13.2 Å². The van der Waals surface area contributed by atoms with Gasteiger partial charge < -0.3 is 5.32 Å². The Morgan fingerprint density at radius 3 is 2.46 bits per heavy atom. The molecule has 3 rings (SSSR count). The van der Waals surface area contributed by atoms with Crippen LogP contribution in [0.25, 0.3) is 5.57 Å². The van der Waals surface area contributed by atoms with E-state index in [0.29, 0.717) is 0 Å². The molecule has 0 atom stereocenters. The first-order valence-corrected chi connectivity index (χ1v) is 9.48. The number of halogens is 3. The third-order valence-corrected chi connectivity index (χ3v) is 5.69. The van der Waals surface area contributed by atoms with Gasteiger partial charge in [0.1, 0.15) is 0 Å². The largest absolute Gasteiger partial charge is 0.416 e. The van der Waals surface area contributed by atoms with Gasteiger partial charge in [-0.3, -0.25) is 4.90 Å². The number of hydrogen-bond donors (Lipinski definition) is 1. The van der Waals surface area contributed by atoms with Gasteiger partial charge in [0.2, 0.25) is 0 Å². The number of benzene rings is 1. The molecular formula is C21H29F3N2. The molecule has 0 radical (unpaired) electrons. The number of hydrogen-bond acceptors (Lipinski definition) is 2. The number of nitrogens with zero attached hydrogens (tertiary/aromatic N) is 1. The van der Waals surface area contributed by atoms with Crippen LogP contribution in [0.5, 0.6) is 0 Å². The third-order valence-electron chi connectivity index (χ3n) is 5.69. The summed E-state index contributed by atoms with van der Waals surface area (Å²) in [5.74, 6) is 0. The number of alkyl halides is 3. The Hall–Kier alpha value is -1.33. The van der Waals surface area contributed by atoms with Gasteiger partial charge in [-0.15, -0.1) is 0 Å². The molecule has 26 heavy (non-hydrogen) atoms. The van der Waals surface area contributed by atoms with Gasteiger partial charge in [0.05, 0.1) is 5.56 Å². The average molecular weight is 366 g/mol. The van der Waals surface area contributed by atoms with Crippen molar-refractivity contribution in [3.63, 3.8) is 0 Å². The van der Waals surface area contributed by atoms with Gasteiger partial charge in [-0.25, -0.2) is 0 Å². The zero-order valence-electron chi connectivity index (χ0n) is 16.0. The van der Waals surface area contributed by atoms with Crippen LogP contribution in [0.1, 0.15) is 49.8 Å². The Morgan fingerprint density at radius 1 is 1.15 bits per heavy atom. The first-order valence-electron chi connectivity index (χ1n) is 9.48. The highest BCUT2D eigenvalue weighted by Gasteiger charge is 2.32. The van der Waals surface area contributed by atoms with E-state index in [1.807, 2.05) is 6.92 Å². The van der Waals surface area contributed by atoms with Crippen LogP contribution < -0.4 is 5.32 Å². The van der Waals surface area contributed by atoms with Crippen molar-refractivity contribution in [1.29, 1.82) is 0 Å². The Bertz CT molecular complexity index is 683. The zero-order valence-corrected chi connectivity index (χ0v) is 16.0. The molecule has 5 heteroatoms. The van der Waals surface area contributed by atoms with Crippen LogP contribution in [0.2, 0.25) is 0 Å². The molecule has 0 saturated carbocycles.